The molecule has 0 atom stereocenters. The highest BCUT2D eigenvalue weighted by molar-refractivity contribution is 5.86. The molecule has 0 saturated carbocycles. The monoisotopic (exact) mass is 594 g/mol. The average molecular weight is 595 g/mol. The minimum Gasteiger partial charge on any atom is -0.121 e. The number of rotatable bonds is 0. The molecule has 6 aromatic rings. The van der Waals surface area contributed by atoms with Gasteiger partial charge >= 0.3 is 5.66 Å². The van der Waals surface area contributed by atoms with E-state index >= 15 is 0 Å². The molecule has 10 rings (SSSR count). The number of hydrogen-bond donors (Lipinski definition) is 0. The van der Waals surface area contributed by atoms with Gasteiger partial charge in [-0.25, -0.2) is 0 Å². The van der Waals surface area contributed by atoms with Crippen molar-refractivity contribution in [1.29, 1.82) is 0 Å². The first-order valence-electron chi connectivity index (χ1n) is 16.7. The maximum absolute atomic E-state index is 2.74. The predicted octanol–water partition coefficient (Wildman–Crippen LogP) is 8.79. The van der Waals surface area contributed by atoms with Gasteiger partial charge in [0.1, 0.15) is 11.1 Å². The standard InChI is InChI=1S/C44H38N2/c1-41(2,3)27-21-23-35-31(25-27)37-17-11-19-39-43(33-15-9-7-13-29(33)30-14-8-10-16-34(30)43)40-20-12-18-38-32-26-28(42(4,5)6)22-24-36(32)44(35,45(37)39)46(38)40/h7-26H,1-6H3/q+2. The summed E-state index contributed by atoms with van der Waals surface area (Å²) in [5.74, 6) is 0. The van der Waals surface area contributed by atoms with Crippen molar-refractivity contribution >= 4 is 0 Å². The van der Waals surface area contributed by atoms with Gasteiger partial charge in [-0.3, -0.25) is 0 Å². The van der Waals surface area contributed by atoms with Gasteiger partial charge in [-0.15, -0.1) is 9.13 Å². The van der Waals surface area contributed by atoms with Gasteiger partial charge in [0, 0.05) is 24.3 Å². The first-order valence-corrected chi connectivity index (χ1v) is 16.7. The Hall–Kier alpha value is -4.82. The van der Waals surface area contributed by atoms with E-state index in [9.17, 15) is 0 Å². The molecule has 2 spiro atoms. The molecule has 46 heavy (non-hydrogen) atoms. The van der Waals surface area contributed by atoms with Crippen LogP contribution in [0.1, 0.15) is 86.3 Å². The largest absolute Gasteiger partial charge is 0.418 e. The van der Waals surface area contributed by atoms with Crippen LogP contribution in [0.3, 0.4) is 0 Å². The second kappa shape index (κ2) is 8.12. The van der Waals surface area contributed by atoms with Crippen LogP contribution in [-0.2, 0) is 21.9 Å². The summed E-state index contributed by atoms with van der Waals surface area (Å²) in [7, 11) is 0. The van der Waals surface area contributed by atoms with Crippen molar-refractivity contribution in [2.24, 2.45) is 0 Å². The summed E-state index contributed by atoms with van der Waals surface area (Å²) < 4.78 is 5.48. The van der Waals surface area contributed by atoms with E-state index in [4.69, 9.17) is 0 Å². The Morgan fingerprint density at radius 2 is 0.848 bits per heavy atom. The summed E-state index contributed by atoms with van der Waals surface area (Å²) in [5.41, 5.74) is 17.9. The van der Waals surface area contributed by atoms with Crippen molar-refractivity contribution < 1.29 is 9.13 Å². The van der Waals surface area contributed by atoms with Crippen LogP contribution in [-0.4, -0.2) is 0 Å². The number of nitrogens with zero attached hydrogens (tertiary/aromatic N) is 2. The molecule has 2 heteroatoms. The van der Waals surface area contributed by atoms with Gasteiger partial charge in [0.2, 0.25) is 22.8 Å². The normalized spacial score (nSPS) is 16.4. The maximum Gasteiger partial charge on any atom is 0.418 e. The second-order valence-electron chi connectivity index (χ2n) is 15.8. The van der Waals surface area contributed by atoms with Crippen LogP contribution in [0, 0.1) is 0 Å². The van der Waals surface area contributed by atoms with Gasteiger partial charge in [0.25, 0.3) is 0 Å². The average Bonchev–Trinajstić information content (AvgIpc) is 3.63. The van der Waals surface area contributed by atoms with Crippen LogP contribution in [0.4, 0.5) is 0 Å². The molecule has 0 radical (unpaired) electrons. The summed E-state index contributed by atoms with van der Waals surface area (Å²) in [4.78, 5) is 0. The Balaban J connectivity index is 1.45. The van der Waals surface area contributed by atoms with Crippen LogP contribution < -0.4 is 9.13 Å². The van der Waals surface area contributed by atoms with Gasteiger partial charge in [-0.05, 0) is 80.6 Å². The van der Waals surface area contributed by atoms with E-state index in [-0.39, 0.29) is 10.8 Å². The van der Waals surface area contributed by atoms with Crippen molar-refractivity contribution in [3.8, 4) is 33.6 Å². The number of pyridine rings is 2. The van der Waals surface area contributed by atoms with Crippen molar-refractivity contribution in [2.45, 2.75) is 63.5 Å². The Morgan fingerprint density at radius 1 is 0.413 bits per heavy atom. The number of hydrogen-bond acceptors (Lipinski definition) is 0. The third-order valence-electron chi connectivity index (χ3n) is 11.4. The molecule has 0 N–H and O–H groups in total. The van der Waals surface area contributed by atoms with E-state index in [0.29, 0.717) is 0 Å². The highest BCUT2D eigenvalue weighted by atomic mass is 15.3. The van der Waals surface area contributed by atoms with Gasteiger partial charge in [-0.2, -0.15) is 0 Å². The summed E-state index contributed by atoms with van der Waals surface area (Å²) in [6.07, 6.45) is 0. The molecular formula is C44H38N2+2. The lowest BCUT2D eigenvalue weighted by Crippen LogP contribution is -2.79. The molecule has 2 nitrogen and oxygen atoms in total. The molecule has 222 valence electrons. The van der Waals surface area contributed by atoms with E-state index in [1.165, 1.54) is 78.4 Å². The zero-order valence-corrected chi connectivity index (χ0v) is 27.4. The Labute approximate surface area is 271 Å². The summed E-state index contributed by atoms with van der Waals surface area (Å²) in [6.45, 7) is 13.9. The molecule has 2 aromatic heterocycles. The molecule has 5 heterocycles. The molecule has 0 unspecified atom stereocenters. The highest BCUT2D eigenvalue weighted by Crippen LogP contribution is 2.60. The fourth-order valence-electron chi connectivity index (χ4n) is 9.42. The smallest absolute Gasteiger partial charge is 0.121 e. The highest BCUT2D eigenvalue weighted by Gasteiger charge is 2.75. The van der Waals surface area contributed by atoms with E-state index in [1.54, 1.807) is 0 Å². The third kappa shape index (κ3) is 2.79. The molecule has 3 aliphatic heterocycles. The number of aromatic nitrogens is 2. The fraction of sp³-hybridized carbons (Fsp3) is 0.227. The number of fused-ring (bicyclic) bond motifs is 11. The van der Waals surface area contributed by atoms with Gasteiger partial charge in [-0.1, -0.05) is 102 Å². The molecule has 4 aromatic carbocycles. The SMILES string of the molecule is CC(C)(C)c1ccc2c(c1)-c1cccc3[n+]1C21c2ccc(C(C)(C)C)cc2-c2cccc([n+]21)C31c2ccccc2-c2ccccc21. The second-order valence-corrected chi connectivity index (χ2v) is 15.8. The Morgan fingerprint density at radius 3 is 1.28 bits per heavy atom. The molecule has 4 aliphatic rings. The van der Waals surface area contributed by atoms with Crippen molar-refractivity contribution in [3.05, 3.63) is 166 Å². The maximum atomic E-state index is 2.74. The minimum atomic E-state index is -0.521. The molecule has 0 saturated heterocycles. The molecule has 1 aliphatic carbocycles. The van der Waals surface area contributed by atoms with Crippen LogP contribution in [0.15, 0.2) is 121 Å². The summed E-state index contributed by atoms with van der Waals surface area (Å²) in [5, 5.41) is 0. The fourth-order valence-corrected chi connectivity index (χ4v) is 9.42. The van der Waals surface area contributed by atoms with Gasteiger partial charge < -0.3 is 0 Å². The zero-order chi connectivity index (χ0) is 31.4. The lowest BCUT2D eigenvalue weighted by atomic mass is 9.69. The van der Waals surface area contributed by atoms with E-state index in [2.05, 4.69) is 172 Å². The molecular weight excluding hydrogens is 556 g/mol. The minimum absolute atomic E-state index is 0.0450. The lowest BCUT2D eigenvalue weighted by Gasteiger charge is -2.35. The van der Waals surface area contributed by atoms with Gasteiger partial charge in [0.05, 0.1) is 11.1 Å². The van der Waals surface area contributed by atoms with Crippen molar-refractivity contribution in [2.75, 3.05) is 0 Å². The van der Waals surface area contributed by atoms with Crippen LogP contribution in [0.5, 0.6) is 0 Å². The first kappa shape index (κ1) is 26.4. The van der Waals surface area contributed by atoms with Crippen LogP contribution in [0.25, 0.3) is 33.6 Å². The summed E-state index contributed by atoms with van der Waals surface area (Å²) in [6, 6.07) is 47.0. The molecule has 0 amide bonds. The van der Waals surface area contributed by atoms with E-state index in [1.807, 2.05) is 0 Å². The summed E-state index contributed by atoms with van der Waals surface area (Å²) >= 11 is 0. The van der Waals surface area contributed by atoms with Crippen LogP contribution >= 0.6 is 0 Å². The Bertz CT molecular complexity index is 2180. The lowest BCUT2D eigenvalue weighted by molar-refractivity contribution is -0.971. The number of benzene rings is 4. The molecule has 0 bridgehead atoms. The van der Waals surface area contributed by atoms with E-state index in [0.717, 1.165) is 0 Å². The zero-order valence-electron chi connectivity index (χ0n) is 27.4. The van der Waals surface area contributed by atoms with Crippen molar-refractivity contribution in [3.63, 3.8) is 0 Å². The Kier molecular flexibility index (Phi) is 4.66. The van der Waals surface area contributed by atoms with E-state index < -0.39 is 11.1 Å². The third-order valence-corrected chi connectivity index (χ3v) is 11.4. The van der Waals surface area contributed by atoms with Gasteiger partial charge in [0.15, 0.2) is 5.41 Å². The quantitative estimate of drug-likeness (QED) is 0.155. The predicted molar refractivity (Wildman–Crippen MR) is 184 cm³/mol. The topological polar surface area (TPSA) is 7.76 Å². The molecule has 0 fully saturated rings. The first-order chi connectivity index (χ1) is 22.1. The van der Waals surface area contributed by atoms with Crippen molar-refractivity contribution in [1.82, 2.24) is 0 Å². The van der Waals surface area contributed by atoms with Crippen LogP contribution in [0.2, 0.25) is 0 Å².